The van der Waals surface area contributed by atoms with Crippen LogP contribution in [0.25, 0.3) is 11.8 Å². The average molecular weight is 524 g/mol. The minimum absolute atomic E-state index is 0.0925. The first-order valence-electron chi connectivity index (χ1n) is 10.8. The summed E-state index contributed by atoms with van der Waals surface area (Å²) in [6.07, 6.45) is 3.55. The summed E-state index contributed by atoms with van der Waals surface area (Å²) in [6, 6.07) is 21.3. The fraction of sp³-hybridized carbons (Fsp3) is 0.111. The van der Waals surface area contributed by atoms with E-state index in [4.69, 9.17) is 39.8 Å². The van der Waals surface area contributed by atoms with Gasteiger partial charge in [-0.2, -0.15) is 0 Å². The third-order valence-corrected chi connectivity index (χ3v) is 8.40. The molecule has 3 aromatic carbocycles. The molecule has 0 spiro atoms. The summed E-state index contributed by atoms with van der Waals surface area (Å²) in [5, 5.41) is 1.54. The van der Waals surface area contributed by atoms with E-state index in [9.17, 15) is 4.79 Å². The van der Waals surface area contributed by atoms with Crippen molar-refractivity contribution in [2.75, 3.05) is 0 Å². The number of fused-ring (bicyclic) bond motifs is 3. The van der Waals surface area contributed by atoms with Gasteiger partial charge in [-0.25, -0.2) is 4.99 Å². The molecule has 1 aromatic heterocycles. The minimum atomic E-state index is -0.242. The predicted octanol–water partition coefficient (Wildman–Crippen LogP) is 6.28. The molecule has 2 aliphatic rings. The lowest BCUT2D eigenvalue weighted by atomic mass is 9.83. The monoisotopic (exact) mass is 522 g/mol. The van der Waals surface area contributed by atoms with Crippen molar-refractivity contribution >= 4 is 57.9 Å². The van der Waals surface area contributed by atoms with E-state index in [0.29, 0.717) is 30.0 Å². The molecule has 0 saturated carbocycles. The Kier molecular flexibility index (Phi) is 5.50. The Morgan fingerprint density at radius 1 is 0.941 bits per heavy atom. The van der Waals surface area contributed by atoms with Gasteiger partial charge in [0.05, 0.1) is 26.3 Å². The predicted molar refractivity (Wildman–Crippen MR) is 141 cm³/mol. The highest BCUT2D eigenvalue weighted by molar-refractivity contribution is 7.07. The minimum Gasteiger partial charge on any atom is -0.272 e. The lowest BCUT2D eigenvalue weighted by molar-refractivity contribution is 0.585. The Labute approximate surface area is 214 Å². The molecule has 3 nitrogen and oxygen atoms in total. The van der Waals surface area contributed by atoms with Crippen LogP contribution in [0.2, 0.25) is 15.1 Å². The average Bonchev–Trinajstić information content (AvgIpc) is 3.16. The summed E-state index contributed by atoms with van der Waals surface area (Å²) in [4.78, 5) is 19.4. The number of aryl methyl sites for hydroxylation is 1. The Morgan fingerprint density at radius 2 is 1.74 bits per heavy atom. The summed E-state index contributed by atoms with van der Waals surface area (Å²) in [7, 11) is 0. The molecule has 1 aliphatic heterocycles. The number of hydrogen-bond donors (Lipinski definition) is 0. The number of allylic oxidation sites excluding steroid dienone is 1. The van der Waals surface area contributed by atoms with E-state index < -0.39 is 0 Å². The van der Waals surface area contributed by atoms with Gasteiger partial charge in [0, 0.05) is 10.6 Å². The number of hydrogen-bond acceptors (Lipinski definition) is 3. The molecule has 0 bridgehead atoms. The van der Waals surface area contributed by atoms with Crippen molar-refractivity contribution in [3.05, 3.63) is 129 Å². The molecule has 0 N–H and O–H groups in total. The Balaban J connectivity index is 1.64. The fourth-order valence-corrected chi connectivity index (χ4v) is 6.22. The van der Waals surface area contributed by atoms with Gasteiger partial charge in [0.2, 0.25) is 0 Å². The van der Waals surface area contributed by atoms with Crippen molar-refractivity contribution in [1.82, 2.24) is 4.57 Å². The maximum atomic E-state index is 13.7. The van der Waals surface area contributed by atoms with Crippen LogP contribution in [0.15, 0.2) is 82.1 Å². The van der Waals surface area contributed by atoms with Crippen molar-refractivity contribution in [3.8, 4) is 0 Å². The maximum Gasteiger partial charge on any atom is 0.271 e. The third kappa shape index (κ3) is 3.57. The van der Waals surface area contributed by atoms with E-state index in [2.05, 4.69) is 18.2 Å². The lowest BCUT2D eigenvalue weighted by Gasteiger charge is -2.30. The second kappa shape index (κ2) is 8.54. The SMILES string of the molecule is O=c1c(=Cc2cccc(Cl)c2Cl)sc2n1C(c1ccc(Cl)cc1)C1=C(N=2)c2ccccc2CC1. The van der Waals surface area contributed by atoms with Crippen molar-refractivity contribution in [3.63, 3.8) is 0 Å². The van der Waals surface area contributed by atoms with Crippen molar-refractivity contribution in [2.45, 2.75) is 18.9 Å². The summed E-state index contributed by atoms with van der Waals surface area (Å²) in [5.41, 5.74) is 6.17. The topological polar surface area (TPSA) is 34.4 Å². The van der Waals surface area contributed by atoms with Crippen molar-refractivity contribution in [1.29, 1.82) is 0 Å². The highest BCUT2D eigenvalue weighted by Crippen LogP contribution is 2.41. The molecule has 6 rings (SSSR count). The van der Waals surface area contributed by atoms with Crippen LogP contribution in [0.5, 0.6) is 0 Å². The number of aromatic nitrogens is 1. The fourth-order valence-electron chi connectivity index (χ4n) is 4.74. The molecule has 2 heterocycles. The number of benzene rings is 3. The summed E-state index contributed by atoms with van der Waals surface area (Å²) >= 11 is 20.2. The first kappa shape index (κ1) is 21.9. The van der Waals surface area contributed by atoms with Gasteiger partial charge in [0.25, 0.3) is 5.56 Å². The second-order valence-corrected chi connectivity index (χ2v) is 10.5. The van der Waals surface area contributed by atoms with Gasteiger partial charge in [-0.05, 0) is 59.4 Å². The van der Waals surface area contributed by atoms with Crippen LogP contribution >= 0.6 is 46.1 Å². The first-order valence-corrected chi connectivity index (χ1v) is 12.8. The molecule has 0 saturated heterocycles. The highest BCUT2D eigenvalue weighted by Gasteiger charge is 2.32. The van der Waals surface area contributed by atoms with E-state index in [1.807, 2.05) is 47.0 Å². The summed E-state index contributed by atoms with van der Waals surface area (Å²) in [5.74, 6) is 0. The smallest absolute Gasteiger partial charge is 0.271 e. The Morgan fingerprint density at radius 3 is 2.56 bits per heavy atom. The zero-order valence-corrected chi connectivity index (χ0v) is 20.8. The normalized spacial score (nSPS) is 17.1. The number of nitrogens with zero attached hydrogens (tertiary/aromatic N) is 2. The van der Waals surface area contributed by atoms with Crippen LogP contribution in [0, 0.1) is 0 Å². The van der Waals surface area contributed by atoms with Crippen LogP contribution in [0.4, 0.5) is 0 Å². The van der Waals surface area contributed by atoms with Crippen molar-refractivity contribution < 1.29 is 0 Å². The van der Waals surface area contributed by atoms with E-state index in [1.165, 1.54) is 16.9 Å². The molecule has 34 heavy (non-hydrogen) atoms. The largest absolute Gasteiger partial charge is 0.272 e. The lowest BCUT2D eigenvalue weighted by Crippen LogP contribution is -2.38. The first-order chi connectivity index (χ1) is 16.5. The zero-order valence-electron chi connectivity index (χ0n) is 17.8. The third-order valence-electron chi connectivity index (χ3n) is 6.33. The van der Waals surface area contributed by atoms with E-state index >= 15 is 0 Å². The number of halogens is 3. The molecule has 1 atom stereocenters. The van der Waals surface area contributed by atoms with E-state index in [-0.39, 0.29) is 11.6 Å². The molecule has 168 valence electrons. The van der Waals surface area contributed by atoms with Crippen LogP contribution in [0.1, 0.15) is 34.7 Å². The van der Waals surface area contributed by atoms with E-state index in [0.717, 1.165) is 35.2 Å². The van der Waals surface area contributed by atoms with Gasteiger partial charge < -0.3 is 0 Å². The molecule has 1 aliphatic carbocycles. The van der Waals surface area contributed by atoms with Gasteiger partial charge >= 0.3 is 0 Å². The Hall–Kier alpha value is -2.63. The molecule has 0 radical (unpaired) electrons. The molecule has 0 fully saturated rings. The van der Waals surface area contributed by atoms with Crippen LogP contribution in [-0.4, -0.2) is 4.57 Å². The summed E-state index contributed by atoms with van der Waals surface area (Å²) < 4.78 is 2.38. The zero-order chi connectivity index (χ0) is 23.4. The second-order valence-electron chi connectivity index (χ2n) is 8.31. The molecule has 0 amide bonds. The van der Waals surface area contributed by atoms with Gasteiger partial charge in [-0.3, -0.25) is 9.36 Å². The number of rotatable bonds is 2. The Bertz CT molecular complexity index is 1670. The van der Waals surface area contributed by atoms with E-state index in [1.54, 1.807) is 12.1 Å². The summed E-state index contributed by atoms with van der Waals surface area (Å²) in [6.45, 7) is 0. The van der Waals surface area contributed by atoms with Crippen LogP contribution in [-0.2, 0) is 6.42 Å². The van der Waals surface area contributed by atoms with Gasteiger partial charge in [0.1, 0.15) is 0 Å². The number of thiazole rings is 1. The van der Waals surface area contributed by atoms with Crippen LogP contribution in [0.3, 0.4) is 0 Å². The maximum absolute atomic E-state index is 13.7. The molecule has 7 heteroatoms. The van der Waals surface area contributed by atoms with Gasteiger partial charge in [-0.1, -0.05) is 94.7 Å². The van der Waals surface area contributed by atoms with Gasteiger partial charge in [0.15, 0.2) is 4.80 Å². The molecular weight excluding hydrogens is 507 g/mol. The quantitative estimate of drug-likeness (QED) is 0.304. The van der Waals surface area contributed by atoms with Crippen molar-refractivity contribution in [2.24, 2.45) is 4.99 Å². The van der Waals surface area contributed by atoms with Gasteiger partial charge in [-0.15, -0.1) is 0 Å². The highest BCUT2D eigenvalue weighted by atomic mass is 35.5. The van der Waals surface area contributed by atoms with Crippen LogP contribution < -0.4 is 14.9 Å². The molecule has 1 unspecified atom stereocenters. The standard InChI is InChI=1S/C27H17Cl3N2OS/c28-18-11-8-16(9-12-18)25-20-13-10-15-4-1-2-6-19(15)24(20)31-27-32(25)26(33)22(34-27)14-17-5-3-7-21(29)23(17)30/h1-9,11-12,14,25H,10,13H2. The molecule has 4 aromatic rings. The molecular formula is C27H17Cl3N2OS.